The van der Waals surface area contributed by atoms with Gasteiger partial charge in [0.2, 0.25) is 10.0 Å². The van der Waals surface area contributed by atoms with Gasteiger partial charge in [-0.25, -0.2) is 13.1 Å². The molecule has 2 aromatic heterocycles. The number of thiophene rings is 1. The van der Waals surface area contributed by atoms with Crippen LogP contribution in [0.4, 0.5) is 0 Å². The number of hydrogen-bond donors (Lipinski definition) is 2. The Labute approximate surface area is 122 Å². The van der Waals surface area contributed by atoms with E-state index in [4.69, 9.17) is 5.11 Å². The van der Waals surface area contributed by atoms with E-state index in [2.05, 4.69) is 9.71 Å². The highest BCUT2D eigenvalue weighted by Crippen LogP contribution is 2.26. The Morgan fingerprint density at radius 2 is 2.25 bits per heavy atom. The van der Waals surface area contributed by atoms with Gasteiger partial charge in [-0.1, -0.05) is 6.07 Å². The largest absolute Gasteiger partial charge is 0.391 e. The fraction of sp³-hybridized carbons (Fsp3) is 0.308. The van der Waals surface area contributed by atoms with Crippen LogP contribution in [0.3, 0.4) is 0 Å². The molecule has 108 valence electrons. The Kier molecular flexibility index (Phi) is 4.54. The van der Waals surface area contributed by atoms with Gasteiger partial charge < -0.3 is 5.11 Å². The third-order valence-corrected chi connectivity index (χ3v) is 5.72. The summed E-state index contributed by atoms with van der Waals surface area (Å²) in [6.07, 6.45) is 3.27. The zero-order valence-corrected chi connectivity index (χ0v) is 12.8. The van der Waals surface area contributed by atoms with E-state index >= 15 is 0 Å². The highest BCUT2D eigenvalue weighted by atomic mass is 32.2. The van der Waals surface area contributed by atoms with Crippen molar-refractivity contribution < 1.29 is 13.5 Å². The molecule has 5 nitrogen and oxygen atoms in total. The molecule has 2 heterocycles. The molecule has 2 rings (SSSR count). The molecule has 0 spiro atoms. The van der Waals surface area contributed by atoms with Crippen molar-refractivity contribution >= 4 is 21.4 Å². The summed E-state index contributed by atoms with van der Waals surface area (Å²) in [6.45, 7) is 3.34. The van der Waals surface area contributed by atoms with Crippen LogP contribution in [0.15, 0.2) is 35.5 Å². The average Bonchev–Trinajstić information content (AvgIpc) is 2.81. The van der Waals surface area contributed by atoms with Crippen molar-refractivity contribution in [2.75, 3.05) is 0 Å². The van der Waals surface area contributed by atoms with Gasteiger partial charge in [-0.2, -0.15) is 0 Å². The van der Waals surface area contributed by atoms with Gasteiger partial charge in [0, 0.05) is 28.2 Å². The van der Waals surface area contributed by atoms with E-state index in [9.17, 15) is 8.42 Å². The Bertz CT molecular complexity index is 681. The number of sulfonamides is 1. The van der Waals surface area contributed by atoms with E-state index in [1.807, 2.05) is 6.07 Å². The molecule has 0 aliphatic rings. The second-order valence-electron chi connectivity index (χ2n) is 4.42. The lowest BCUT2D eigenvalue weighted by Gasteiger charge is -2.14. The second-order valence-corrected chi connectivity index (χ2v) is 7.44. The van der Waals surface area contributed by atoms with Crippen molar-refractivity contribution in [2.45, 2.75) is 31.4 Å². The molecule has 1 unspecified atom stereocenters. The summed E-state index contributed by atoms with van der Waals surface area (Å²) in [4.78, 5) is 5.50. The summed E-state index contributed by atoms with van der Waals surface area (Å²) < 4.78 is 27.3. The second kappa shape index (κ2) is 6.01. The number of rotatable bonds is 5. The first-order valence-electron chi connectivity index (χ1n) is 6.06. The minimum Gasteiger partial charge on any atom is -0.391 e. The third-order valence-electron chi connectivity index (χ3n) is 2.88. The standard InChI is InChI=1S/C13H16N2O3S2/c1-9(11-4-3-5-14-7-11)15-20(17,18)13-6-12(8-16)19-10(13)2/h3-7,9,15-16H,8H2,1-2H3. The normalized spacial score (nSPS) is 13.3. The summed E-state index contributed by atoms with van der Waals surface area (Å²) >= 11 is 1.28. The first kappa shape index (κ1) is 15.1. The van der Waals surface area contributed by atoms with E-state index in [1.165, 1.54) is 17.4 Å². The van der Waals surface area contributed by atoms with Gasteiger partial charge in [-0.05, 0) is 31.5 Å². The maximum Gasteiger partial charge on any atom is 0.242 e. The highest BCUT2D eigenvalue weighted by Gasteiger charge is 2.22. The van der Waals surface area contributed by atoms with Gasteiger partial charge >= 0.3 is 0 Å². The summed E-state index contributed by atoms with van der Waals surface area (Å²) in [6, 6.07) is 4.73. The zero-order valence-electron chi connectivity index (χ0n) is 11.2. The van der Waals surface area contributed by atoms with E-state index in [-0.39, 0.29) is 17.5 Å². The minimum absolute atomic E-state index is 0.154. The number of aliphatic hydroxyl groups is 1. The van der Waals surface area contributed by atoms with E-state index in [0.29, 0.717) is 9.75 Å². The molecule has 0 fully saturated rings. The molecule has 0 radical (unpaired) electrons. The Hall–Kier alpha value is -1.28. The molecule has 7 heteroatoms. The van der Waals surface area contributed by atoms with Crippen molar-refractivity contribution in [2.24, 2.45) is 0 Å². The smallest absolute Gasteiger partial charge is 0.242 e. The van der Waals surface area contributed by atoms with Crippen LogP contribution in [-0.4, -0.2) is 18.5 Å². The van der Waals surface area contributed by atoms with Crippen molar-refractivity contribution in [3.05, 3.63) is 45.9 Å². The minimum atomic E-state index is -3.61. The van der Waals surface area contributed by atoms with Gasteiger partial charge in [0.1, 0.15) is 0 Å². The summed E-state index contributed by atoms with van der Waals surface area (Å²) in [7, 11) is -3.61. The van der Waals surface area contributed by atoms with Gasteiger partial charge in [-0.3, -0.25) is 4.98 Å². The summed E-state index contributed by atoms with van der Waals surface area (Å²) in [5.41, 5.74) is 0.798. The first-order chi connectivity index (χ1) is 9.44. The summed E-state index contributed by atoms with van der Waals surface area (Å²) in [5, 5.41) is 9.09. The zero-order chi connectivity index (χ0) is 14.8. The maximum atomic E-state index is 12.4. The molecule has 0 aliphatic carbocycles. The number of nitrogens with zero attached hydrogens (tertiary/aromatic N) is 1. The number of aromatic nitrogens is 1. The van der Waals surface area contributed by atoms with Crippen LogP contribution in [-0.2, 0) is 16.6 Å². The molecule has 1 atom stereocenters. The lowest BCUT2D eigenvalue weighted by Crippen LogP contribution is -2.27. The number of aliphatic hydroxyl groups excluding tert-OH is 1. The molecule has 0 aliphatic heterocycles. The molecule has 20 heavy (non-hydrogen) atoms. The summed E-state index contributed by atoms with van der Waals surface area (Å²) in [5.74, 6) is 0. The topological polar surface area (TPSA) is 79.3 Å². The Morgan fingerprint density at radius 1 is 1.50 bits per heavy atom. The molecule has 0 saturated heterocycles. The van der Waals surface area contributed by atoms with E-state index < -0.39 is 10.0 Å². The van der Waals surface area contributed by atoms with Gasteiger partial charge in [-0.15, -0.1) is 11.3 Å². The molecule has 0 aromatic carbocycles. The molecule has 0 amide bonds. The Morgan fingerprint density at radius 3 is 2.80 bits per heavy atom. The van der Waals surface area contributed by atoms with Crippen LogP contribution in [0.2, 0.25) is 0 Å². The molecule has 0 saturated carbocycles. The van der Waals surface area contributed by atoms with E-state index in [1.54, 1.807) is 32.3 Å². The van der Waals surface area contributed by atoms with Crippen molar-refractivity contribution in [3.63, 3.8) is 0 Å². The fourth-order valence-electron chi connectivity index (χ4n) is 1.87. The van der Waals surface area contributed by atoms with E-state index in [0.717, 1.165) is 5.56 Å². The van der Waals surface area contributed by atoms with Crippen LogP contribution in [0.1, 0.15) is 28.3 Å². The lowest BCUT2D eigenvalue weighted by atomic mass is 10.2. The van der Waals surface area contributed by atoms with Gasteiger partial charge in [0.15, 0.2) is 0 Å². The quantitative estimate of drug-likeness (QED) is 0.885. The van der Waals surface area contributed by atoms with Crippen LogP contribution >= 0.6 is 11.3 Å². The van der Waals surface area contributed by atoms with Crippen LogP contribution < -0.4 is 4.72 Å². The first-order valence-corrected chi connectivity index (χ1v) is 8.36. The van der Waals surface area contributed by atoms with Gasteiger partial charge in [0.05, 0.1) is 11.5 Å². The highest BCUT2D eigenvalue weighted by molar-refractivity contribution is 7.89. The van der Waals surface area contributed by atoms with Crippen molar-refractivity contribution in [3.8, 4) is 0 Å². The van der Waals surface area contributed by atoms with Gasteiger partial charge in [0.25, 0.3) is 0 Å². The van der Waals surface area contributed by atoms with Crippen LogP contribution in [0, 0.1) is 6.92 Å². The number of pyridine rings is 1. The molecule has 2 N–H and O–H groups in total. The maximum absolute atomic E-state index is 12.4. The number of aryl methyl sites for hydroxylation is 1. The molecular formula is C13H16N2O3S2. The molecule has 2 aromatic rings. The van der Waals surface area contributed by atoms with Crippen molar-refractivity contribution in [1.29, 1.82) is 0 Å². The SMILES string of the molecule is Cc1sc(CO)cc1S(=O)(=O)NC(C)c1cccnc1. The number of nitrogens with one attached hydrogen (secondary N) is 1. The Balaban J connectivity index is 2.25. The fourth-order valence-corrected chi connectivity index (χ4v) is 4.59. The lowest BCUT2D eigenvalue weighted by molar-refractivity contribution is 0.285. The molecular weight excluding hydrogens is 296 g/mol. The molecule has 0 bridgehead atoms. The number of hydrogen-bond acceptors (Lipinski definition) is 5. The monoisotopic (exact) mass is 312 g/mol. The average molecular weight is 312 g/mol. The van der Waals surface area contributed by atoms with Crippen LogP contribution in [0.25, 0.3) is 0 Å². The van der Waals surface area contributed by atoms with Crippen LogP contribution in [0.5, 0.6) is 0 Å². The third kappa shape index (κ3) is 3.24. The van der Waals surface area contributed by atoms with Crippen molar-refractivity contribution in [1.82, 2.24) is 9.71 Å². The predicted octanol–water partition coefficient (Wildman–Crippen LogP) is 1.98. The predicted molar refractivity (Wildman–Crippen MR) is 78.0 cm³/mol.